The second-order valence-corrected chi connectivity index (χ2v) is 5.56. The number of hydrogen-bond donors (Lipinski definition) is 1. The Balaban J connectivity index is 1.85. The summed E-state index contributed by atoms with van der Waals surface area (Å²) in [6.45, 7) is 0.958. The van der Waals surface area contributed by atoms with Crippen molar-refractivity contribution < 1.29 is 14.2 Å². The fraction of sp³-hybridized carbons (Fsp3) is 0.647. The molecule has 21 heavy (non-hydrogen) atoms. The molecule has 0 heterocycles. The lowest BCUT2D eigenvalue weighted by Crippen LogP contribution is -2.43. The Morgan fingerprint density at radius 2 is 1.81 bits per heavy atom. The minimum atomic E-state index is 0.365. The average molecular weight is 293 g/mol. The van der Waals surface area contributed by atoms with E-state index in [1.54, 1.807) is 14.2 Å². The predicted octanol–water partition coefficient (Wildman–Crippen LogP) is 2.79. The molecule has 0 aromatic heterocycles. The molecule has 1 fully saturated rings. The van der Waals surface area contributed by atoms with Crippen LogP contribution in [0.15, 0.2) is 18.2 Å². The standard InChI is InChI=1S/C17H27NO3/c1-19-15-7-5-4-6-14(15)18-11-10-13-8-9-16(20-2)17(12-13)21-3/h8-9,12,14-15,18H,4-7,10-11H2,1-3H3/t14-,15-/m1/s1. The second kappa shape index (κ2) is 8.25. The Labute approximate surface area is 127 Å². The average Bonchev–Trinajstić information content (AvgIpc) is 2.55. The van der Waals surface area contributed by atoms with E-state index in [4.69, 9.17) is 14.2 Å². The van der Waals surface area contributed by atoms with Crippen LogP contribution in [-0.4, -0.2) is 40.0 Å². The molecular formula is C17H27NO3. The van der Waals surface area contributed by atoms with Crippen LogP contribution < -0.4 is 14.8 Å². The van der Waals surface area contributed by atoms with Crippen LogP contribution in [-0.2, 0) is 11.2 Å². The van der Waals surface area contributed by atoms with Crippen molar-refractivity contribution in [3.05, 3.63) is 23.8 Å². The van der Waals surface area contributed by atoms with Gasteiger partial charge >= 0.3 is 0 Å². The molecule has 0 saturated heterocycles. The van der Waals surface area contributed by atoms with Gasteiger partial charge in [-0.3, -0.25) is 0 Å². The summed E-state index contributed by atoms with van der Waals surface area (Å²) in [6.07, 6.45) is 6.31. The Bertz CT molecular complexity index is 436. The zero-order valence-corrected chi connectivity index (χ0v) is 13.4. The maximum atomic E-state index is 5.57. The Morgan fingerprint density at radius 3 is 2.52 bits per heavy atom. The number of ether oxygens (including phenoxy) is 3. The van der Waals surface area contributed by atoms with Crippen molar-refractivity contribution in [2.45, 2.75) is 44.2 Å². The van der Waals surface area contributed by atoms with E-state index < -0.39 is 0 Å². The normalized spacial score (nSPS) is 22.0. The molecule has 1 saturated carbocycles. The van der Waals surface area contributed by atoms with Gasteiger partial charge in [-0.1, -0.05) is 18.9 Å². The molecule has 0 spiro atoms. The van der Waals surface area contributed by atoms with Crippen LogP contribution in [0, 0.1) is 0 Å². The third kappa shape index (κ3) is 4.35. The van der Waals surface area contributed by atoms with Crippen LogP contribution in [0.25, 0.3) is 0 Å². The van der Waals surface area contributed by atoms with Crippen molar-refractivity contribution in [1.82, 2.24) is 5.32 Å². The summed E-state index contributed by atoms with van der Waals surface area (Å²) < 4.78 is 16.2. The highest BCUT2D eigenvalue weighted by Crippen LogP contribution is 2.27. The van der Waals surface area contributed by atoms with E-state index in [-0.39, 0.29) is 0 Å². The van der Waals surface area contributed by atoms with E-state index >= 15 is 0 Å². The fourth-order valence-electron chi connectivity index (χ4n) is 3.05. The van der Waals surface area contributed by atoms with Gasteiger partial charge in [-0.2, -0.15) is 0 Å². The van der Waals surface area contributed by atoms with Crippen LogP contribution in [0.4, 0.5) is 0 Å². The van der Waals surface area contributed by atoms with Gasteiger partial charge in [0.1, 0.15) is 0 Å². The summed E-state index contributed by atoms with van der Waals surface area (Å²) in [5.74, 6) is 1.57. The first-order valence-electron chi connectivity index (χ1n) is 7.75. The summed E-state index contributed by atoms with van der Waals surface area (Å²) in [5, 5.41) is 3.64. The van der Waals surface area contributed by atoms with Crippen molar-refractivity contribution in [2.24, 2.45) is 0 Å². The molecule has 118 valence electrons. The highest BCUT2D eigenvalue weighted by molar-refractivity contribution is 5.42. The molecule has 0 unspecified atom stereocenters. The lowest BCUT2D eigenvalue weighted by molar-refractivity contribution is 0.0421. The van der Waals surface area contributed by atoms with Gasteiger partial charge in [0.05, 0.1) is 20.3 Å². The second-order valence-electron chi connectivity index (χ2n) is 5.56. The first-order chi connectivity index (χ1) is 10.3. The third-order valence-corrected chi connectivity index (χ3v) is 4.27. The van der Waals surface area contributed by atoms with Crippen LogP contribution >= 0.6 is 0 Å². The van der Waals surface area contributed by atoms with Gasteiger partial charge in [-0.25, -0.2) is 0 Å². The van der Waals surface area contributed by atoms with Gasteiger partial charge in [-0.05, 0) is 43.5 Å². The highest BCUT2D eigenvalue weighted by atomic mass is 16.5. The quantitative estimate of drug-likeness (QED) is 0.839. The van der Waals surface area contributed by atoms with Gasteiger partial charge in [0.2, 0.25) is 0 Å². The maximum Gasteiger partial charge on any atom is 0.160 e. The fourth-order valence-corrected chi connectivity index (χ4v) is 3.05. The van der Waals surface area contributed by atoms with Gasteiger partial charge in [0.25, 0.3) is 0 Å². The van der Waals surface area contributed by atoms with Gasteiger partial charge < -0.3 is 19.5 Å². The Morgan fingerprint density at radius 1 is 1.05 bits per heavy atom. The lowest BCUT2D eigenvalue weighted by atomic mass is 9.92. The van der Waals surface area contributed by atoms with Crippen molar-refractivity contribution in [2.75, 3.05) is 27.9 Å². The zero-order chi connectivity index (χ0) is 15.1. The van der Waals surface area contributed by atoms with Crippen LogP contribution in [0.3, 0.4) is 0 Å². The van der Waals surface area contributed by atoms with E-state index in [2.05, 4.69) is 17.4 Å². The molecule has 1 aromatic rings. The van der Waals surface area contributed by atoms with Gasteiger partial charge in [0, 0.05) is 13.2 Å². The summed E-state index contributed by atoms with van der Waals surface area (Å²) in [5.41, 5.74) is 1.25. The van der Waals surface area contributed by atoms with E-state index in [0.717, 1.165) is 24.5 Å². The largest absolute Gasteiger partial charge is 0.493 e. The van der Waals surface area contributed by atoms with Crippen LogP contribution in [0.5, 0.6) is 11.5 Å². The summed E-state index contributed by atoms with van der Waals surface area (Å²) in [7, 11) is 5.15. The van der Waals surface area contributed by atoms with E-state index in [0.29, 0.717) is 12.1 Å². The molecule has 1 aliphatic carbocycles. The summed E-state index contributed by atoms with van der Waals surface area (Å²) in [4.78, 5) is 0. The summed E-state index contributed by atoms with van der Waals surface area (Å²) in [6, 6.07) is 6.60. The first-order valence-corrected chi connectivity index (χ1v) is 7.75. The minimum absolute atomic E-state index is 0.365. The molecule has 4 heteroatoms. The number of benzene rings is 1. The smallest absolute Gasteiger partial charge is 0.160 e. The molecule has 1 aliphatic rings. The summed E-state index contributed by atoms with van der Waals surface area (Å²) >= 11 is 0. The number of hydrogen-bond acceptors (Lipinski definition) is 4. The molecule has 2 atom stereocenters. The highest BCUT2D eigenvalue weighted by Gasteiger charge is 2.23. The van der Waals surface area contributed by atoms with Crippen molar-refractivity contribution in [1.29, 1.82) is 0 Å². The minimum Gasteiger partial charge on any atom is -0.493 e. The molecule has 0 bridgehead atoms. The van der Waals surface area contributed by atoms with Gasteiger partial charge in [0.15, 0.2) is 11.5 Å². The molecule has 1 N–H and O–H groups in total. The SMILES string of the molecule is COc1ccc(CCN[C@@H]2CCCC[C@H]2OC)cc1OC. The molecule has 0 aliphatic heterocycles. The van der Waals surface area contributed by atoms with Crippen molar-refractivity contribution >= 4 is 0 Å². The molecule has 1 aromatic carbocycles. The Kier molecular flexibility index (Phi) is 6.33. The van der Waals surface area contributed by atoms with E-state index in [1.165, 1.54) is 31.2 Å². The Hall–Kier alpha value is -1.26. The van der Waals surface area contributed by atoms with E-state index in [9.17, 15) is 0 Å². The van der Waals surface area contributed by atoms with Crippen molar-refractivity contribution in [3.8, 4) is 11.5 Å². The topological polar surface area (TPSA) is 39.7 Å². The lowest BCUT2D eigenvalue weighted by Gasteiger charge is -2.31. The van der Waals surface area contributed by atoms with E-state index in [1.807, 2.05) is 13.2 Å². The molecule has 0 amide bonds. The van der Waals surface area contributed by atoms with Crippen LogP contribution in [0.2, 0.25) is 0 Å². The third-order valence-electron chi connectivity index (χ3n) is 4.27. The molecule has 0 radical (unpaired) electrons. The van der Waals surface area contributed by atoms with Crippen LogP contribution in [0.1, 0.15) is 31.2 Å². The predicted molar refractivity (Wildman–Crippen MR) is 84.3 cm³/mol. The maximum absolute atomic E-state index is 5.57. The first kappa shape index (κ1) is 16.1. The zero-order valence-electron chi connectivity index (χ0n) is 13.4. The van der Waals surface area contributed by atoms with Crippen molar-refractivity contribution in [3.63, 3.8) is 0 Å². The number of rotatable bonds is 7. The molecular weight excluding hydrogens is 266 g/mol. The number of methoxy groups -OCH3 is 3. The monoisotopic (exact) mass is 293 g/mol. The van der Waals surface area contributed by atoms with Gasteiger partial charge in [-0.15, -0.1) is 0 Å². The molecule has 4 nitrogen and oxygen atoms in total. The number of nitrogens with one attached hydrogen (secondary N) is 1. The molecule has 2 rings (SSSR count).